The van der Waals surface area contributed by atoms with Crippen LogP contribution in [0.25, 0.3) is 0 Å². The molecule has 0 aromatic heterocycles. The fraction of sp³-hybridized carbons (Fsp3) is 0.565. The Morgan fingerprint density at radius 2 is 1.68 bits per heavy atom. The molecule has 168 valence electrons. The zero-order valence-corrected chi connectivity index (χ0v) is 18.7. The van der Waals surface area contributed by atoms with Gasteiger partial charge in [-0.05, 0) is 36.3 Å². The van der Waals surface area contributed by atoms with Gasteiger partial charge < -0.3 is 25.2 Å². The molecule has 8 nitrogen and oxygen atoms in total. The topological polar surface area (TPSA) is 98.8 Å². The van der Waals surface area contributed by atoms with Crippen molar-refractivity contribution in [1.29, 1.82) is 0 Å². The Hall–Kier alpha value is -2.90. The maximum absolute atomic E-state index is 13.1. The lowest BCUT2D eigenvalue weighted by atomic mass is 9.85. The van der Waals surface area contributed by atoms with E-state index in [0.717, 1.165) is 23.8 Å². The second kappa shape index (κ2) is 9.08. The highest BCUT2D eigenvalue weighted by molar-refractivity contribution is 5.91. The maximum atomic E-state index is 13.1. The largest absolute Gasteiger partial charge is 0.332 e. The first-order valence-corrected chi connectivity index (χ1v) is 10.8. The highest BCUT2D eigenvalue weighted by Crippen LogP contribution is 2.25. The molecular formula is C23H32N4O4. The van der Waals surface area contributed by atoms with Gasteiger partial charge in [0.25, 0.3) is 0 Å². The van der Waals surface area contributed by atoms with Crippen LogP contribution in [0.1, 0.15) is 51.7 Å². The van der Waals surface area contributed by atoms with Crippen molar-refractivity contribution in [2.24, 2.45) is 5.41 Å². The summed E-state index contributed by atoms with van der Waals surface area (Å²) in [6, 6.07) is 5.32. The van der Waals surface area contributed by atoms with E-state index >= 15 is 0 Å². The van der Waals surface area contributed by atoms with Gasteiger partial charge in [-0.25, -0.2) is 4.79 Å². The monoisotopic (exact) mass is 428 g/mol. The van der Waals surface area contributed by atoms with Crippen LogP contribution in [0.5, 0.6) is 0 Å². The van der Waals surface area contributed by atoms with Gasteiger partial charge in [0.2, 0.25) is 11.8 Å². The molecule has 1 aromatic carbocycles. The molecule has 0 spiro atoms. The number of benzene rings is 1. The van der Waals surface area contributed by atoms with Gasteiger partial charge in [-0.2, -0.15) is 0 Å². The third-order valence-electron chi connectivity index (χ3n) is 6.00. The van der Waals surface area contributed by atoms with Crippen LogP contribution in [0, 0.1) is 5.41 Å². The van der Waals surface area contributed by atoms with E-state index in [1.807, 2.05) is 45.0 Å². The summed E-state index contributed by atoms with van der Waals surface area (Å²) in [6.07, 6.45) is 2.20. The molecule has 3 unspecified atom stereocenters. The smallest absolute Gasteiger partial charge is 0.316 e. The molecule has 8 heteroatoms. The normalized spacial score (nSPS) is 20.1. The lowest BCUT2D eigenvalue weighted by molar-refractivity contribution is -0.138. The number of urea groups is 1. The van der Waals surface area contributed by atoms with Gasteiger partial charge >= 0.3 is 6.03 Å². The Balaban J connectivity index is 1.61. The average molecular weight is 429 g/mol. The van der Waals surface area contributed by atoms with Crippen LogP contribution >= 0.6 is 0 Å². The summed E-state index contributed by atoms with van der Waals surface area (Å²) in [6.45, 7) is 8.76. The van der Waals surface area contributed by atoms with Crippen molar-refractivity contribution in [2.75, 3.05) is 6.54 Å². The second-order valence-corrected chi connectivity index (χ2v) is 9.48. The number of hydrogen-bond acceptors (Lipinski definition) is 4. The Morgan fingerprint density at radius 3 is 2.23 bits per heavy atom. The van der Waals surface area contributed by atoms with Crippen LogP contribution in [0.2, 0.25) is 0 Å². The van der Waals surface area contributed by atoms with Crippen LogP contribution < -0.4 is 10.6 Å². The number of likely N-dealkylation sites (tertiary alicyclic amines) is 1. The van der Waals surface area contributed by atoms with Gasteiger partial charge in [0, 0.05) is 19.6 Å². The van der Waals surface area contributed by atoms with E-state index < -0.39 is 29.6 Å². The Bertz CT molecular complexity index is 838. The fourth-order valence-corrected chi connectivity index (χ4v) is 4.22. The average Bonchev–Trinajstić information content (AvgIpc) is 3.36. The van der Waals surface area contributed by atoms with Gasteiger partial charge in [0.05, 0.1) is 6.04 Å². The quantitative estimate of drug-likeness (QED) is 0.699. The summed E-state index contributed by atoms with van der Waals surface area (Å²) in [5, 5.41) is 5.42. The highest BCUT2D eigenvalue weighted by atomic mass is 16.2. The van der Waals surface area contributed by atoms with Crippen LogP contribution in [0.4, 0.5) is 4.79 Å². The molecule has 2 aliphatic heterocycles. The Morgan fingerprint density at radius 1 is 1.06 bits per heavy atom. The van der Waals surface area contributed by atoms with Crippen molar-refractivity contribution < 1.29 is 19.2 Å². The first-order chi connectivity index (χ1) is 14.6. The van der Waals surface area contributed by atoms with E-state index in [9.17, 15) is 19.2 Å². The van der Waals surface area contributed by atoms with Crippen molar-refractivity contribution in [3.05, 3.63) is 35.4 Å². The highest BCUT2D eigenvalue weighted by Gasteiger charge is 2.40. The van der Waals surface area contributed by atoms with E-state index in [1.54, 1.807) is 16.7 Å². The van der Waals surface area contributed by atoms with Crippen LogP contribution in [-0.4, -0.2) is 58.6 Å². The number of carbonyl (C=O) groups excluding carboxylic acids is 4. The molecule has 0 radical (unpaired) electrons. The van der Waals surface area contributed by atoms with Crippen molar-refractivity contribution in [1.82, 2.24) is 20.4 Å². The zero-order chi connectivity index (χ0) is 22.8. The minimum Gasteiger partial charge on any atom is -0.332 e. The molecule has 31 heavy (non-hydrogen) atoms. The number of aldehydes is 1. The standard InChI is InChI=1S/C23H32N4O4/c1-15(20(29)26-12-16-8-5-6-9-17(16)13-26)24-22(31)25-19(23(2,3)4)21(30)27-11-7-10-18(27)14-28/h5-6,8-9,14-15,18-19H,7,10-13H2,1-4H3,(H2,24,25,31). The summed E-state index contributed by atoms with van der Waals surface area (Å²) >= 11 is 0. The number of nitrogens with one attached hydrogen (secondary N) is 2. The molecule has 1 aromatic rings. The number of hydrogen-bond donors (Lipinski definition) is 2. The molecule has 2 heterocycles. The lowest BCUT2D eigenvalue weighted by Crippen LogP contribution is -2.59. The summed E-state index contributed by atoms with van der Waals surface area (Å²) in [5.41, 5.74) is 1.66. The first-order valence-electron chi connectivity index (χ1n) is 10.8. The SMILES string of the molecule is CC(NC(=O)NC(C(=O)N1CCCC1C=O)C(C)(C)C)C(=O)N1Cc2ccccc2C1. The Kier molecular flexibility index (Phi) is 6.67. The van der Waals surface area contributed by atoms with Crippen LogP contribution in [-0.2, 0) is 27.5 Å². The van der Waals surface area contributed by atoms with Crippen molar-refractivity contribution in [3.63, 3.8) is 0 Å². The van der Waals surface area contributed by atoms with Crippen molar-refractivity contribution in [3.8, 4) is 0 Å². The fourth-order valence-electron chi connectivity index (χ4n) is 4.22. The summed E-state index contributed by atoms with van der Waals surface area (Å²) in [4.78, 5) is 53.2. The number of nitrogens with zero attached hydrogens (tertiary/aromatic N) is 2. The van der Waals surface area contributed by atoms with E-state index in [1.165, 1.54) is 0 Å². The number of fused-ring (bicyclic) bond motifs is 1. The zero-order valence-electron chi connectivity index (χ0n) is 18.7. The second-order valence-electron chi connectivity index (χ2n) is 9.48. The molecular weight excluding hydrogens is 396 g/mol. The van der Waals surface area contributed by atoms with Gasteiger partial charge in [0.15, 0.2) is 0 Å². The van der Waals surface area contributed by atoms with E-state index in [-0.39, 0.29) is 11.8 Å². The molecule has 0 aliphatic carbocycles. The third kappa shape index (κ3) is 5.06. The molecule has 0 saturated carbocycles. The molecule has 2 N–H and O–H groups in total. The van der Waals surface area contributed by atoms with E-state index in [2.05, 4.69) is 10.6 Å². The number of carbonyl (C=O) groups is 4. The lowest BCUT2D eigenvalue weighted by Gasteiger charge is -2.35. The minimum atomic E-state index is -0.814. The van der Waals surface area contributed by atoms with Gasteiger partial charge in [-0.3, -0.25) is 9.59 Å². The van der Waals surface area contributed by atoms with Crippen LogP contribution in [0.15, 0.2) is 24.3 Å². The van der Waals surface area contributed by atoms with Gasteiger partial charge in [0.1, 0.15) is 18.4 Å². The maximum Gasteiger partial charge on any atom is 0.316 e. The van der Waals surface area contributed by atoms with Crippen molar-refractivity contribution in [2.45, 2.75) is 71.8 Å². The summed E-state index contributed by atoms with van der Waals surface area (Å²) in [7, 11) is 0. The van der Waals surface area contributed by atoms with Crippen molar-refractivity contribution >= 4 is 24.1 Å². The first kappa shape index (κ1) is 22.8. The molecule has 4 amide bonds. The minimum absolute atomic E-state index is 0.175. The van der Waals surface area contributed by atoms with E-state index in [4.69, 9.17) is 0 Å². The third-order valence-corrected chi connectivity index (χ3v) is 6.00. The van der Waals surface area contributed by atoms with Gasteiger partial charge in [-0.15, -0.1) is 0 Å². The summed E-state index contributed by atoms with van der Waals surface area (Å²) < 4.78 is 0. The Labute approximate surface area is 183 Å². The number of amides is 4. The van der Waals surface area contributed by atoms with Gasteiger partial charge in [-0.1, -0.05) is 45.0 Å². The molecule has 0 bridgehead atoms. The summed E-state index contributed by atoms with van der Waals surface area (Å²) in [5.74, 6) is -0.447. The predicted molar refractivity (Wildman–Crippen MR) is 116 cm³/mol. The molecule has 1 saturated heterocycles. The molecule has 1 fully saturated rings. The van der Waals surface area contributed by atoms with Crippen LogP contribution in [0.3, 0.4) is 0 Å². The number of rotatable bonds is 5. The molecule has 3 atom stereocenters. The van der Waals surface area contributed by atoms with E-state index in [0.29, 0.717) is 26.1 Å². The predicted octanol–water partition coefficient (Wildman–Crippen LogP) is 1.82. The molecule has 2 aliphatic rings. The molecule has 3 rings (SSSR count).